The fourth-order valence-electron chi connectivity index (χ4n) is 2.59. The molecule has 5 nitrogen and oxygen atoms in total. The summed E-state index contributed by atoms with van der Waals surface area (Å²) in [4.78, 5) is 14.0. The first-order valence-electron chi connectivity index (χ1n) is 7.57. The molecule has 0 spiro atoms. The lowest BCUT2D eigenvalue weighted by atomic mass is 10.0. The number of nitrogens with one attached hydrogen (secondary N) is 2. The highest BCUT2D eigenvalue weighted by Gasteiger charge is 2.19. The third-order valence-electron chi connectivity index (χ3n) is 3.75. The first-order chi connectivity index (χ1) is 9.13. The van der Waals surface area contributed by atoms with Crippen molar-refractivity contribution in [1.29, 1.82) is 0 Å². The van der Waals surface area contributed by atoms with Gasteiger partial charge in [-0.3, -0.25) is 4.90 Å². The zero-order valence-electron chi connectivity index (χ0n) is 12.3. The quantitative estimate of drug-likeness (QED) is 0.654. The Morgan fingerprint density at radius 2 is 2.11 bits per heavy atom. The molecule has 2 amide bonds. The average Bonchev–Trinajstić information content (AvgIpc) is 2.39. The lowest BCUT2D eigenvalue weighted by molar-refractivity contribution is 0.145. The van der Waals surface area contributed by atoms with Crippen LogP contribution in [0.1, 0.15) is 46.0 Å². The molecule has 0 saturated carbocycles. The van der Waals surface area contributed by atoms with Gasteiger partial charge in [-0.2, -0.15) is 0 Å². The summed E-state index contributed by atoms with van der Waals surface area (Å²) in [6.07, 6.45) is 5.33. The minimum atomic E-state index is -0.362. The number of carbonyl (C=O) groups excluding carboxylic acids is 1. The maximum Gasteiger partial charge on any atom is 0.314 e. The van der Waals surface area contributed by atoms with Crippen LogP contribution in [-0.4, -0.2) is 54.4 Å². The molecule has 1 aliphatic heterocycles. The van der Waals surface area contributed by atoms with E-state index in [1.807, 2.05) is 0 Å². The van der Waals surface area contributed by atoms with Crippen molar-refractivity contribution < 1.29 is 9.90 Å². The van der Waals surface area contributed by atoms with Crippen molar-refractivity contribution in [2.75, 3.05) is 26.2 Å². The van der Waals surface area contributed by atoms with E-state index >= 15 is 0 Å². The number of rotatable bonds is 7. The number of nitrogens with zero attached hydrogens (tertiary/aromatic N) is 1. The van der Waals surface area contributed by atoms with Crippen LogP contribution >= 0.6 is 0 Å². The fraction of sp³-hybridized carbons (Fsp3) is 0.929. The number of aliphatic hydroxyl groups is 1. The standard InChI is InChI=1S/C14H29N3O2/c1-3-13-6-4-5-10-17(13)11-9-16-14(19)15-8-7-12(2)18/h12-13,18H,3-11H2,1-2H3,(H2,15,16,19). The Morgan fingerprint density at radius 3 is 2.79 bits per heavy atom. The van der Waals surface area contributed by atoms with Gasteiger partial charge < -0.3 is 15.7 Å². The molecule has 5 heteroatoms. The highest BCUT2D eigenvalue weighted by molar-refractivity contribution is 5.73. The van der Waals surface area contributed by atoms with Crippen LogP contribution in [0.3, 0.4) is 0 Å². The topological polar surface area (TPSA) is 64.6 Å². The van der Waals surface area contributed by atoms with Crippen molar-refractivity contribution in [3.05, 3.63) is 0 Å². The Bertz CT molecular complexity index is 259. The van der Waals surface area contributed by atoms with Gasteiger partial charge in [-0.1, -0.05) is 13.3 Å². The van der Waals surface area contributed by atoms with Crippen molar-refractivity contribution >= 4 is 6.03 Å². The SMILES string of the molecule is CCC1CCCCN1CCNC(=O)NCCC(C)O. The number of aliphatic hydroxyl groups excluding tert-OH is 1. The summed E-state index contributed by atoms with van der Waals surface area (Å²) in [5.74, 6) is 0. The van der Waals surface area contributed by atoms with Crippen molar-refractivity contribution in [3.63, 3.8) is 0 Å². The van der Waals surface area contributed by atoms with Crippen molar-refractivity contribution in [1.82, 2.24) is 15.5 Å². The zero-order chi connectivity index (χ0) is 14.1. The normalized spacial score (nSPS) is 21.9. The van der Waals surface area contributed by atoms with Gasteiger partial charge >= 0.3 is 6.03 Å². The summed E-state index contributed by atoms with van der Waals surface area (Å²) in [5, 5.41) is 14.7. The molecule has 0 bridgehead atoms. The highest BCUT2D eigenvalue weighted by atomic mass is 16.3. The van der Waals surface area contributed by atoms with Crippen LogP contribution in [0.5, 0.6) is 0 Å². The molecule has 0 aromatic rings. The second-order valence-electron chi connectivity index (χ2n) is 5.41. The smallest absolute Gasteiger partial charge is 0.314 e. The second-order valence-corrected chi connectivity index (χ2v) is 5.41. The van der Waals surface area contributed by atoms with Crippen LogP contribution in [0.25, 0.3) is 0 Å². The molecule has 2 atom stereocenters. The van der Waals surface area contributed by atoms with E-state index in [0.717, 1.165) is 13.1 Å². The lowest BCUT2D eigenvalue weighted by Crippen LogP contribution is -2.45. The van der Waals surface area contributed by atoms with Crippen LogP contribution in [0.2, 0.25) is 0 Å². The number of hydrogen-bond donors (Lipinski definition) is 3. The highest BCUT2D eigenvalue weighted by Crippen LogP contribution is 2.18. The molecule has 0 aliphatic carbocycles. The van der Waals surface area contributed by atoms with Crippen molar-refractivity contribution in [3.8, 4) is 0 Å². The van der Waals surface area contributed by atoms with Gasteiger partial charge in [-0.05, 0) is 39.2 Å². The van der Waals surface area contributed by atoms with E-state index in [0.29, 0.717) is 25.6 Å². The van der Waals surface area contributed by atoms with E-state index < -0.39 is 0 Å². The van der Waals surface area contributed by atoms with Gasteiger partial charge in [0.25, 0.3) is 0 Å². The molecular weight excluding hydrogens is 242 g/mol. The molecule has 1 fully saturated rings. The molecule has 0 radical (unpaired) electrons. The Balaban J connectivity index is 2.09. The Hall–Kier alpha value is -0.810. The largest absolute Gasteiger partial charge is 0.393 e. The molecule has 0 aromatic carbocycles. The summed E-state index contributed by atoms with van der Waals surface area (Å²) in [6, 6.07) is 0.555. The predicted molar refractivity (Wildman–Crippen MR) is 77.2 cm³/mol. The third-order valence-corrected chi connectivity index (χ3v) is 3.75. The van der Waals surface area contributed by atoms with Gasteiger partial charge in [0.05, 0.1) is 6.10 Å². The van der Waals surface area contributed by atoms with E-state index in [2.05, 4.69) is 22.5 Å². The van der Waals surface area contributed by atoms with E-state index in [1.54, 1.807) is 6.92 Å². The summed E-state index contributed by atoms with van der Waals surface area (Å²) >= 11 is 0. The Morgan fingerprint density at radius 1 is 1.37 bits per heavy atom. The maximum absolute atomic E-state index is 11.5. The molecular formula is C14H29N3O2. The van der Waals surface area contributed by atoms with Gasteiger partial charge in [-0.15, -0.1) is 0 Å². The van der Waals surface area contributed by atoms with E-state index in [4.69, 9.17) is 5.11 Å². The number of likely N-dealkylation sites (tertiary alicyclic amines) is 1. The summed E-state index contributed by atoms with van der Waals surface area (Å²) in [5.41, 5.74) is 0. The first-order valence-corrected chi connectivity index (χ1v) is 7.57. The fourth-order valence-corrected chi connectivity index (χ4v) is 2.59. The number of hydrogen-bond acceptors (Lipinski definition) is 3. The van der Waals surface area contributed by atoms with Crippen molar-refractivity contribution in [2.24, 2.45) is 0 Å². The van der Waals surface area contributed by atoms with Crippen LogP contribution in [0, 0.1) is 0 Å². The second kappa shape index (κ2) is 9.15. The van der Waals surface area contributed by atoms with Crippen LogP contribution in [-0.2, 0) is 0 Å². The molecule has 1 aliphatic rings. The molecule has 3 N–H and O–H groups in total. The Labute approximate surface area is 116 Å². The van der Waals surface area contributed by atoms with Gasteiger partial charge in [-0.25, -0.2) is 4.79 Å². The molecule has 1 saturated heterocycles. The minimum Gasteiger partial charge on any atom is -0.393 e. The van der Waals surface area contributed by atoms with Gasteiger partial charge in [0, 0.05) is 25.7 Å². The third kappa shape index (κ3) is 6.78. The Kier molecular flexibility index (Phi) is 7.82. The number of piperidine rings is 1. The van der Waals surface area contributed by atoms with E-state index in [1.165, 1.54) is 25.7 Å². The van der Waals surface area contributed by atoms with Crippen LogP contribution in [0.4, 0.5) is 4.79 Å². The molecule has 19 heavy (non-hydrogen) atoms. The number of amides is 2. The molecule has 112 valence electrons. The van der Waals surface area contributed by atoms with Crippen molar-refractivity contribution in [2.45, 2.75) is 58.1 Å². The van der Waals surface area contributed by atoms with Crippen LogP contribution in [0.15, 0.2) is 0 Å². The van der Waals surface area contributed by atoms with E-state index in [-0.39, 0.29) is 12.1 Å². The molecule has 0 aromatic heterocycles. The first kappa shape index (κ1) is 16.2. The lowest BCUT2D eigenvalue weighted by Gasteiger charge is -2.35. The monoisotopic (exact) mass is 271 g/mol. The molecule has 1 rings (SSSR count). The predicted octanol–water partition coefficient (Wildman–Crippen LogP) is 1.32. The summed E-state index contributed by atoms with van der Waals surface area (Å²) < 4.78 is 0. The van der Waals surface area contributed by atoms with Crippen LogP contribution < -0.4 is 10.6 Å². The van der Waals surface area contributed by atoms with Gasteiger partial charge in [0.15, 0.2) is 0 Å². The van der Waals surface area contributed by atoms with Gasteiger partial charge in [0.2, 0.25) is 0 Å². The molecule has 1 heterocycles. The number of carbonyl (C=O) groups is 1. The summed E-state index contributed by atoms with van der Waals surface area (Å²) in [6.45, 7) is 7.26. The number of urea groups is 1. The van der Waals surface area contributed by atoms with E-state index in [9.17, 15) is 4.79 Å². The maximum atomic E-state index is 11.5. The average molecular weight is 271 g/mol. The molecule has 2 unspecified atom stereocenters. The minimum absolute atomic E-state index is 0.134. The van der Waals surface area contributed by atoms with Gasteiger partial charge in [0.1, 0.15) is 0 Å². The summed E-state index contributed by atoms with van der Waals surface area (Å²) in [7, 11) is 0. The zero-order valence-corrected chi connectivity index (χ0v) is 12.3.